The third-order valence-corrected chi connectivity index (χ3v) is 4.84. The van der Waals surface area contributed by atoms with Gasteiger partial charge in [-0.15, -0.1) is 24.0 Å². The Balaban J connectivity index is 0.00000261. The van der Waals surface area contributed by atoms with Gasteiger partial charge in [0.05, 0.1) is 19.7 Å². The van der Waals surface area contributed by atoms with Crippen molar-refractivity contribution in [3.63, 3.8) is 0 Å². The molecule has 3 N–H and O–H groups in total. The lowest BCUT2D eigenvalue weighted by Gasteiger charge is -2.27. The van der Waals surface area contributed by atoms with Crippen LogP contribution in [-0.4, -0.2) is 37.6 Å². The van der Waals surface area contributed by atoms with Gasteiger partial charge in [0, 0.05) is 5.69 Å². The van der Waals surface area contributed by atoms with E-state index in [4.69, 9.17) is 10.5 Å². The molecule has 5 nitrogen and oxygen atoms in total. The molecule has 146 valence electrons. The van der Waals surface area contributed by atoms with Crippen molar-refractivity contribution in [3.8, 4) is 5.75 Å². The van der Waals surface area contributed by atoms with Crippen LogP contribution >= 0.6 is 24.0 Å². The summed E-state index contributed by atoms with van der Waals surface area (Å²) in [6, 6.07) is 16.7. The number of nitrogens with one attached hydrogen (secondary N) is 1. The fourth-order valence-corrected chi connectivity index (χ4v) is 3.32. The fraction of sp³-hybridized carbons (Fsp3) is 0.381. The molecule has 1 saturated heterocycles. The molecule has 1 fully saturated rings. The number of benzene rings is 2. The molecule has 1 heterocycles. The lowest BCUT2D eigenvalue weighted by Crippen LogP contribution is -2.30. The molecule has 0 radical (unpaired) electrons. The second-order valence-corrected chi connectivity index (χ2v) is 6.75. The third-order valence-electron chi connectivity index (χ3n) is 4.84. The molecule has 1 atom stereocenters. The lowest BCUT2D eigenvalue weighted by molar-refractivity contribution is 0.252. The summed E-state index contributed by atoms with van der Waals surface area (Å²) in [5.74, 6) is 1.26. The monoisotopic (exact) mass is 480 g/mol. The van der Waals surface area contributed by atoms with Crippen LogP contribution in [0.3, 0.4) is 0 Å². The molecule has 3 rings (SSSR count). The van der Waals surface area contributed by atoms with Gasteiger partial charge in [0.25, 0.3) is 0 Å². The number of ether oxygens (including phenoxy) is 1. The molecule has 0 bridgehead atoms. The number of aryl methyl sites for hydroxylation is 1. The van der Waals surface area contributed by atoms with Crippen molar-refractivity contribution in [1.29, 1.82) is 0 Å². The summed E-state index contributed by atoms with van der Waals surface area (Å²) in [7, 11) is 1.65. The minimum atomic E-state index is 0. The second-order valence-electron chi connectivity index (χ2n) is 6.75. The van der Waals surface area contributed by atoms with E-state index < -0.39 is 0 Å². The van der Waals surface area contributed by atoms with Gasteiger partial charge in [0.1, 0.15) is 5.75 Å². The molecule has 0 amide bonds. The number of hydrogen-bond acceptors (Lipinski definition) is 3. The van der Waals surface area contributed by atoms with Crippen LogP contribution in [0.2, 0.25) is 0 Å². The smallest absolute Gasteiger partial charge is 0.193 e. The number of aliphatic imine (C=N–C) groups is 1. The van der Waals surface area contributed by atoms with E-state index in [0.29, 0.717) is 12.5 Å². The van der Waals surface area contributed by atoms with Crippen molar-refractivity contribution in [1.82, 2.24) is 4.90 Å². The van der Waals surface area contributed by atoms with Gasteiger partial charge in [-0.25, -0.2) is 0 Å². The summed E-state index contributed by atoms with van der Waals surface area (Å²) in [5, 5.41) is 3.15. The first-order valence-electron chi connectivity index (χ1n) is 9.17. The average molecular weight is 480 g/mol. The van der Waals surface area contributed by atoms with E-state index in [0.717, 1.165) is 24.5 Å². The van der Waals surface area contributed by atoms with E-state index >= 15 is 0 Å². The van der Waals surface area contributed by atoms with Crippen LogP contribution in [0, 0.1) is 6.92 Å². The van der Waals surface area contributed by atoms with E-state index in [1.54, 1.807) is 7.11 Å². The average Bonchev–Trinajstić information content (AvgIpc) is 3.18. The van der Waals surface area contributed by atoms with Crippen molar-refractivity contribution in [2.24, 2.45) is 10.7 Å². The molecular weight excluding hydrogens is 451 g/mol. The van der Waals surface area contributed by atoms with Crippen LogP contribution in [0.4, 0.5) is 5.69 Å². The maximum absolute atomic E-state index is 6.11. The van der Waals surface area contributed by atoms with Crippen LogP contribution in [0.5, 0.6) is 5.75 Å². The highest BCUT2D eigenvalue weighted by atomic mass is 127. The first kappa shape index (κ1) is 21.5. The number of likely N-dealkylation sites (tertiary alicyclic amines) is 1. The predicted octanol–water partition coefficient (Wildman–Crippen LogP) is 4.19. The van der Waals surface area contributed by atoms with Gasteiger partial charge < -0.3 is 15.8 Å². The Labute approximate surface area is 179 Å². The Morgan fingerprint density at radius 3 is 2.33 bits per heavy atom. The molecule has 1 aliphatic rings. The van der Waals surface area contributed by atoms with Crippen molar-refractivity contribution >= 4 is 35.6 Å². The molecule has 6 heteroatoms. The van der Waals surface area contributed by atoms with E-state index in [1.807, 2.05) is 24.3 Å². The number of nitrogens with two attached hydrogens (primary N) is 1. The zero-order valence-electron chi connectivity index (χ0n) is 16.0. The first-order valence-corrected chi connectivity index (χ1v) is 9.17. The summed E-state index contributed by atoms with van der Waals surface area (Å²) >= 11 is 0. The molecule has 27 heavy (non-hydrogen) atoms. The minimum absolute atomic E-state index is 0. The molecule has 1 unspecified atom stereocenters. The number of hydrogen-bond donors (Lipinski definition) is 2. The third kappa shape index (κ3) is 6.10. The SMILES string of the molecule is COc1ccc(NC(N)=NCC(c2ccc(C)cc2)N2CCCC2)cc1.I. The van der Waals surface area contributed by atoms with Gasteiger partial charge in [0.2, 0.25) is 0 Å². The number of halogens is 1. The van der Waals surface area contributed by atoms with Crippen molar-refractivity contribution < 1.29 is 4.74 Å². The standard InChI is InChI=1S/C21H28N4O.HI/c1-16-5-7-17(8-6-16)20(25-13-3-4-14-25)15-23-21(22)24-18-9-11-19(26-2)12-10-18;/h5-12,20H,3-4,13-15H2,1-2H3,(H3,22,23,24);1H. The summed E-state index contributed by atoms with van der Waals surface area (Å²) in [6.45, 7) is 5.02. The van der Waals surface area contributed by atoms with Crippen molar-refractivity contribution in [2.45, 2.75) is 25.8 Å². The highest BCUT2D eigenvalue weighted by Crippen LogP contribution is 2.26. The first-order chi connectivity index (χ1) is 12.7. The highest BCUT2D eigenvalue weighted by molar-refractivity contribution is 14.0. The van der Waals surface area contributed by atoms with Crippen LogP contribution in [-0.2, 0) is 0 Å². The van der Waals surface area contributed by atoms with E-state index in [1.165, 1.54) is 24.0 Å². The Morgan fingerprint density at radius 2 is 1.74 bits per heavy atom. The highest BCUT2D eigenvalue weighted by Gasteiger charge is 2.23. The molecule has 0 spiro atoms. The predicted molar refractivity (Wildman–Crippen MR) is 123 cm³/mol. The van der Waals surface area contributed by atoms with Gasteiger partial charge in [-0.2, -0.15) is 0 Å². The summed E-state index contributed by atoms with van der Waals surface area (Å²) in [5.41, 5.74) is 9.60. The molecule has 1 aliphatic heterocycles. The van der Waals surface area contributed by atoms with Crippen molar-refractivity contribution in [3.05, 3.63) is 59.7 Å². The summed E-state index contributed by atoms with van der Waals surface area (Å²) < 4.78 is 5.17. The number of anilines is 1. The maximum Gasteiger partial charge on any atom is 0.193 e. The zero-order valence-corrected chi connectivity index (χ0v) is 18.4. The number of guanidine groups is 1. The van der Waals surface area contributed by atoms with Crippen LogP contribution < -0.4 is 15.8 Å². The Kier molecular flexibility index (Phi) is 8.37. The summed E-state index contributed by atoms with van der Waals surface area (Å²) in [4.78, 5) is 7.12. The van der Waals surface area contributed by atoms with Gasteiger partial charge in [-0.3, -0.25) is 9.89 Å². The van der Waals surface area contributed by atoms with Crippen LogP contribution in [0.25, 0.3) is 0 Å². The zero-order chi connectivity index (χ0) is 18.4. The van der Waals surface area contributed by atoms with E-state index in [9.17, 15) is 0 Å². The number of rotatable bonds is 6. The largest absolute Gasteiger partial charge is 0.497 e. The molecule has 0 aliphatic carbocycles. The summed E-state index contributed by atoms with van der Waals surface area (Å²) in [6.07, 6.45) is 2.51. The topological polar surface area (TPSA) is 62.9 Å². The molecule has 2 aromatic rings. The van der Waals surface area contributed by atoms with E-state index in [2.05, 4.69) is 46.4 Å². The van der Waals surface area contributed by atoms with Gasteiger partial charge in [-0.05, 0) is 62.7 Å². The van der Waals surface area contributed by atoms with Gasteiger partial charge in [0.15, 0.2) is 5.96 Å². The van der Waals surface area contributed by atoms with Crippen LogP contribution in [0.15, 0.2) is 53.5 Å². The Hall–Kier alpha value is -1.80. The minimum Gasteiger partial charge on any atom is -0.497 e. The molecular formula is C21H29IN4O. The quantitative estimate of drug-likeness (QED) is 0.370. The fourth-order valence-electron chi connectivity index (χ4n) is 3.32. The number of methoxy groups -OCH3 is 1. The van der Waals surface area contributed by atoms with Crippen LogP contribution in [0.1, 0.15) is 30.0 Å². The Morgan fingerprint density at radius 1 is 1.11 bits per heavy atom. The second kappa shape index (κ2) is 10.5. The maximum atomic E-state index is 6.11. The van der Waals surface area contributed by atoms with Gasteiger partial charge >= 0.3 is 0 Å². The normalized spacial score (nSPS) is 15.9. The van der Waals surface area contributed by atoms with E-state index in [-0.39, 0.29) is 30.0 Å². The lowest BCUT2D eigenvalue weighted by atomic mass is 10.0. The van der Waals surface area contributed by atoms with Gasteiger partial charge in [-0.1, -0.05) is 29.8 Å². The molecule has 0 saturated carbocycles. The molecule has 2 aromatic carbocycles. The van der Waals surface area contributed by atoms with Crippen molar-refractivity contribution in [2.75, 3.05) is 32.1 Å². The Bertz CT molecular complexity index is 725. The molecule has 0 aromatic heterocycles. The number of nitrogens with zero attached hydrogens (tertiary/aromatic N) is 2.